The number of hydrogen-bond donors (Lipinski definition) is 3. The lowest BCUT2D eigenvalue weighted by atomic mass is 9.93. The number of benzene rings is 2. The van der Waals surface area contributed by atoms with Crippen molar-refractivity contribution in [1.82, 2.24) is 28.7 Å². The standard InChI is InChI=1S/C17H18BrN3O2.C16H16BrN3O2.CH3I.CH4/c1-20-15-9-19-14-7-2-10(18)8-13(14)16(15)21(17(20)23)11-3-5-12(22)6-4-11;17-9-1-6-13-12(7-9)15-14(8-18-13)19-16(22)20(15)10-2-4-11(21)5-3-10;1-2;/h2,7-9,11-12,22H,3-6H2,1H3;1,6-8,10-11,21H,2-5H2,(H,19,22);1H3;1H4. The average molecular weight is 896 g/mol. The van der Waals surface area contributed by atoms with Crippen LogP contribution < -0.4 is 11.4 Å². The van der Waals surface area contributed by atoms with Crippen LogP contribution in [-0.4, -0.2) is 56.0 Å². The van der Waals surface area contributed by atoms with Crippen LogP contribution in [0.3, 0.4) is 0 Å². The molecule has 0 bridgehead atoms. The van der Waals surface area contributed by atoms with Crippen LogP contribution in [0.2, 0.25) is 0 Å². The van der Waals surface area contributed by atoms with Gasteiger partial charge in [0.05, 0.1) is 57.7 Å². The first-order valence-corrected chi connectivity index (χ1v) is 19.5. The monoisotopic (exact) mass is 894 g/mol. The molecular weight excluding hydrogens is 855 g/mol. The summed E-state index contributed by atoms with van der Waals surface area (Å²) < 4.78 is 7.39. The number of aryl methyl sites for hydroxylation is 1. The predicted molar refractivity (Wildman–Crippen MR) is 209 cm³/mol. The summed E-state index contributed by atoms with van der Waals surface area (Å²) in [5, 5.41) is 21.4. The summed E-state index contributed by atoms with van der Waals surface area (Å²) in [6.45, 7) is 0. The molecule has 0 aliphatic heterocycles. The SMILES string of the molecule is C.CI.Cn1c(=O)n(C2CCC(O)CC2)c2c3cc(Br)ccc3ncc21.O=c1[nH]c2cnc3ccc(Br)cc3c2n1C1CCC(O)CC1. The van der Waals surface area contributed by atoms with Gasteiger partial charge in [0.15, 0.2) is 0 Å². The van der Waals surface area contributed by atoms with Gasteiger partial charge >= 0.3 is 11.4 Å². The van der Waals surface area contributed by atoms with Crippen molar-refractivity contribution in [3.8, 4) is 0 Å². The number of aliphatic hydroxyl groups is 2. The van der Waals surface area contributed by atoms with Crippen molar-refractivity contribution in [2.75, 3.05) is 4.93 Å². The Labute approximate surface area is 309 Å². The molecule has 4 heterocycles. The largest absolute Gasteiger partial charge is 0.393 e. The Hall–Kier alpha value is -2.59. The molecule has 6 aromatic rings. The van der Waals surface area contributed by atoms with Crippen molar-refractivity contribution < 1.29 is 10.2 Å². The quantitative estimate of drug-likeness (QED) is 0.120. The van der Waals surface area contributed by atoms with Crippen molar-refractivity contribution >= 4 is 98.3 Å². The highest BCUT2D eigenvalue weighted by atomic mass is 127. The van der Waals surface area contributed by atoms with Gasteiger partial charge in [-0.1, -0.05) is 61.9 Å². The highest BCUT2D eigenvalue weighted by molar-refractivity contribution is 14.1. The van der Waals surface area contributed by atoms with Crippen molar-refractivity contribution in [2.45, 2.75) is 83.1 Å². The topological polar surface area (TPSA) is 131 Å². The van der Waals surface area contributed by atoms with Crippen LogP contribution in [0.15, 0.2) is 67.3 Å². The average Bonchev–Trinajstić information content (AvgIpc) is 3.55. The first kappa shape index (κ1) is 36.7. The molecule has 48 heavy (non-hydrogen) atoms. The van der Waals surface area contributed by atoms with Gasteiger partial charge in [-0.05, 0) is 92.7 Å². The second-order valence-electron chi connectivity index (χ2n) is 12.3. The van der Waals surface area contributed by atoms with Crippen LogP contribution in [0.25, 0.3) is 43.9 Å². The first-order valence-electron chi connectivity index (χ1n) is 15.8. The molecule has 4 aromatic heterocycles. The number of aromatic nitrogens is 6. The first-order chi connectivity index (χ1) is 22.7. The number of halogens is 3. The molecule has 10 nitrogen and oxygen atoms in total. The van der Waals surface area contributed by atoms with Crippen molar-refractivity contribution in [2.24, 2.45) is 7.05 Å². The molecule has 3 N–H and O–H groups in total. The number of fused-ring (bicyclic) bond motifs is 6. The molecule has 2 saturated carbocycles. The van der Waals surface area contributed by atoms with E-state index in [0.29, 0.717) is 0 Å². The zero-order valence-corrected chi connectivity index (χ0v) is 31.5. The number of pyridine rings is 2. The van der Waals surface area contributed by atoms with Crippen LogP contribution in [0.5, 0.6) is 0 Å². The summed E-state index contributed by atoms with van der Waals surface area (Å²) in [6.07, 6.45) is 9.35. The minimum absolute atomic E-state index is 0. The predicted octanol–water partition coefficient (Wildman–Crippen LogP) is 7.93. The van der Waals surface area contributed by atoms with Crippen LogP contribution in [0.1, 0.15) is 70.9 Å². The number of H-pyrrole nitrogens is 1. The highest BCUT2D eigenvalue weighted by Gasteiger charge is 2.27. The van der Waals surface area contributed by atoms with E-state index in [1.165, 1.54) is 0 Å². The van der Waals surface area contributed by atoms with Gasteiger partial charge in [-0.2, -0.15) is 0 Å². The minimum Gasteiger partial charge on any atom is -0.393 e. The van der Waals surface area contributed by atoms with Crippen LogP contribution >= 0.6 is 54.5 Å². The van der Waals surface area contributed by atoms with Crippen molar-refractivity contribution in [3.05, 3.63) is 78.7 Å². The van der Waals surface area contributed by atoms with E-state index in [1.807, 2.05) is 50.5 Å². The van der Waals surface area contributed by atoms with Crippen LogP contribution in [0, 0.1) is 0 Å². The van der Waals surface area contributed by atoms with Crippen molar-refractivity contribution in [3.63, 3.8) is 0 Å². The smallest absolute Gasteiger partial charge is 0.329 e. The van der Waals surface area contributed by atoms with E-state index in [9.17, 15) is 19.8 Å². The minimum atomic E-state index is -0.232. The van der Waals surface area contributed by atoms with Crippen LogP contribution in [0.4, 0.5) is 0 Å². The lowest BCUT2D eigenvalue weighted by Gasteiger charge is -2.26. The Morgan fingerprint density at radius 2 is 1.23 bits per heavy atom. The van der Waals surface area contributed by atoms with Gasteiger partial charge in [-0.3, -0.25) is 23.7 Å². The van der Waals surface area contributed by atoms with Gasteiger partial charge in [0.2, 0.25) is 0 Å². The second-order valence-corrected chi connectivity index (χ2v) is 14.1. The van der Waals surface area contributed by atoms with E-state index in [1.54, 1.807) is 24.0 Å². The van der Waals surface area contributed by atoms with Gasteiger partial charge in [-0.15, -0.1) is 0 Å². The summed E-state index contributed by atoms with van der Waals surface area (Å²) in [5.41, 5.74) is 5.15. The number of aliphatic hydroxyl groups excluding tert-OH is 2. The number of nitrogens with zero attached hydrogens (tertiary/aromatic N) is 5. The molecule has 2 aromatic carbocycles. The van der Waals surface area contributed by atoms with E-state index in [-0.39, 0.29) is 43.1 Å². The van der Waals surface area contributed by atoms with E-state index in [2.05, 4.69) is 69.4 Å². The zero-order valence-electron chi connectivity index (χ0n) is 26.2. The summed E-state index contributed by atoms with van der Waals surface area (Å²) in [4.78, 5) is 39.1. The van der Waals surface area contributed by atoms with Gasteiger partial charge < -0.3 is 15.2 Å². The van der Waals surface area contributed by atoms with Gasteiger partial charge in [0.25, 0.3) is 0 Å². The third-order valence-electron chi connectivity index (χ3n) is 9.44. The molecule has 0 amide bonds. The second kappa shape index (κ2) is 15.5. The Bertz CT molecular complexity index is 2180. The fourth-order valence-corrected chi connectivity index (χ4v) is 7.82. The fourth-order valence-electron chi connectivity index (χ4n) is 7.10. The van der Waals surface area contributed by atoms with Crippen LogP contribution in [-0.2, 0) is 7.05 Å². The summed E-state index contributed by atoms with van der Waals surface area (Å²) >= 11 is 9.16. The molecular formula is C35H41Br2IN6O4. The Kier molecular flexibility index (Phi) is 11.9. The third kappa shape index (κ3) is 7.03. The summed E-state index contributed by atoms with van der Waals surface area (Å²) in [5.74, 6) is 0. The molecule has 256 valence electrons. The maximum absolute atomic E-state index is 12.8. The highest BCUT2D eigenvalue weighted by Crippen LogP contribution is 2.34. The van der Waals surface area contributed by atoms with E-state index < -0.39 is 0 Å². The maximum Gasteiger partial charge on any atom is 0.329 e. The Morgan fingerprint density at radius 1 is 0.750 bits per heavy atom. The normalized spacial score (nSPS) is 21.0. The zero-order chi connectivity index (χ0) is 33.4. The number of hydrogen-bond acceptors (Lipinski definition) is 6. The lowest BCUT2D eigenvalue weighted by Crippen LogP contribution is -2.29. The molecule has 0 unspecified atom stereocenters. The summed E-state index contributed by atoms with van der Waals surface area (Å²) in [7, 11) is 1.80. The molecule has 2 aliphatic rings. The molecule has 8 rings (SSSR count). The third-order valence-corrected chi connectivity index (χ3v) is 10.4. The molecule has 2 fully saturated rings. The molecule has 0 radical (unpaired) electrons. The van der Waals surface area contributed by atoms with Gasteiger partial charge in [0.1, 0.15) is 0 Å². The molecule has 2 aliphatic carbocycles. The van der Waals surface area contributed by atoms with Crippen molar-refractivity contribution in [1.29, 1.82) is 0 Å². The van der Waals surface area contributed by atoms with E-state index in [0.717, 1.165) is 104 Å². The molecule has 0 saturated heterocycles. The molecule has 0 atom stereocenters. The number of imidazole rings is 2. The number of alkyl halides is 1. The van der Waals surface area contributed by atoms with E-state index in [4.69, 9.17) is 0 Å². The fraction of sp³-hybridized carbons (Fsp3) is 0.429. The number of nitrogens with one attached hydrogen (secondary N) is 1. The Morgan fingerprint density at radius 3 is 1.77 bits per heavy atom. The Balaban J connectivity index is 0.000000175. The molecule has 0 spiro atoms. The van der Waals surface area contributed by atoms with Gasteiger partial charge in [0, 0.05) is 38.8 Å². The van der Waals surface area contributed by atoms with E-state index >= 15 is 0 Å². The number of rotatable bonds is 2. The molecule has 13 heteroatoms. The maximum atomic E-state index is 12.8. The lowest BCUT2D eigenvalue weighted by molar-refractivity contribution is 0.110. The summed E-state index contributed by atoms with van der Waals surface area (Å²) in [6, 6.07) is 12.1. The van der Waals surface area contributed by atoms with Gasteiger partial charge in [-0.25, -0.2) is 9.59 Å². The number of aromatic amines is 1.